The first-order valence-corrected chi connectivity index (χ1v) is 6.23. The molecule has 0 radical (unpaired) electrons. The summed E-state index contributed by atoms with van der Waals surface area (Å²) in [5, 5.41) is 0.412. The van der Waals surface area contributed by atoms with E-state index in [9.17, 15) is 4.79 Å². The Balaban J connectivity index is 2.54. The van der Waals surface area contributed by atoms with Gasteiger partial charge >= 0.3 is 0 Å². The predicted molar refractivity (Wildman–Crippen MR) is 66.5 cm³/mol. The average molecular weight is 260 g/mol. The molecule has 5 heteroatoms. The SMILES string of the molecule is CCONC(=O)C(C)Sc1ccccc1Cl. The largest absolute Gasteiger partial charge is 0.274 e. The second-order valence-corrected chi connectivity index (χ2v) is 4.88. The Morgan fingerprint density at radius 2 is 2.25 bits per heavy atom. The lowest BCUT2D eigenvalue weighted by atomic mass is 10.4. The summed E-state index contributed by atoms with van der Waals surface area (Å²) < 4.78 is 0. The zero-order chi connectivity index (χ0) is 12.0. The van der Waals surface area contributed by atoms with Gasteiger partial charge in [-0.1, -0.05) is 23.7 Å². The van der Waals surface area contributed by atoms with Crippen molar-refractivity contribution in [2.45, 2.75) is 24.0 Å². The van der Waals surface area contributed by atoms with Gasteiger partial charge in [-0.15, -0.1) is 11.8 Å². The second kappa shape index (κ2) is 6.78. The number of carbonyl (C=O) groups excluding carboxylic acids is 1. The van der Waals surface area contributed by atoms with E-state index in [4.69, 9.17) is 16.4 Å². The zero-order valence-corrected chi connectivity index (χ0v) is 10.8. The smallest absolute Gasteiger partial charge is 0.256 e. The highest BCUT2D eigenvalue weighted by atomic mass is 35.5. The van der Waals surface area contributed by atoms with Gasteiger partial charge in [-0.2, -0.15) is 0 Å². The van der Waals surface area contributed by atoms with Gasteiger partial charge in [0.1, 0.15) is 0 Å². The minimum absolute atomic E-state index is 0.160. The van der Waals surface area contributed by atoms with Gasteiger partial charge in [-0.3, -0.25) is 9.63 Å². The van der Waals surface area contributed by atoms with Gasteiger partial charge in [0, 0.05) is 4.90 Å². The van der Waals surface area contributed by atoms with Crippen molar-refractivity contribution in [2.75, 3.05) is 6.61 Å². The molecule has 0 aromatic heterocycles. The van der Waals surface area contributed by atoms with Gasteiger partial charge in [0.05, 0.1) is 16.9 Å². The topological polar surface area (TPSA) is 38.3 Å². The van der Waals surface area contributed by atoms with Gasteiger partial charge in [0.15, 0.2) is 0 Å². The summed E-state index contributed by atoms with van der Waals surface area (Å²) in [7, 11) is 0. The number of amides is 1. The number of benzene rings is 1. The molecule has 1 unspecified atom stereocenters. The molecule has 0 spiro atoms. The Labute approximate surface area is 104 Å². The van der Waals surface area contributed by atoms with Crippen molar-refractivity contribution in [3.63, 3.8) is 0 Å². The third-order valence-corrected chi connectivity index (χ3v) is 3.45. The molecule has 0 aliphatic carbocycles. The maximum atomic E-state index is 11.5. The molecule has 1 N–H and O–H groups in total. The molecule has 1 atom stereocenters. The van der Waals surface area contributed by atoms with Crippen LogP contribution in [0.15, 0.2) is 29.2 Å². The van der Waals surface area contributed by atoms with Crippen LogP contribution >= 0.6 is 23.4 Å². The van der Waals surface area contributed by atoms with Crippen LogP contribution in [0.4, 0.5) is 0 Å². The highest BCUT2D eigenvalue weighted by molar-refractivity contribution is 8.00. The molecule has 0 aliphatic heterocycles. The summed E-state index contributed by atoms with van der Waals surface area (Å²) in [4.78, 5) is 17.2. The van der Waals surface area contributed by atoms with E-state index in [0.29, 0.717) is 11.6 Å². The van der Waals surface area contributed by atoms with Gasteiger partial charge < -0.3 is 0 Å². The monoisotopic (exact) mass is 259 g/mol. The summed E-state index contributed by atoms with van der Waals surface area (Å²) in [6, 6.07) is 7.44. The number of hydrogen-bond donors (Lipinski definition) is 1. The lowest BCUT2D eigenvalue weighted by Gasteiger charge is -2.11. The third-order valence-electron chi connectivity index (χ3n) is 1.83. The highest BCUT2D eigenvalue weighted by Crippen LogP contribution is 2.29. The van der Waals surface area contributed by atoms with E-state index in [1.807, 2.05) is 32.0 Å². The summed E-state index contributed by atoms with van der Waals surface area (Å²) in [5.41, 5.74) is 2.37. The van der Waals surface area contributed by atoms with Crippen LogP contribution in [0, 0.1) is 0 Å². The van der Waals surface area contributed by atoms with E-state index in [1.165, 1.54) is 11.8 Å². The molecule has 0 fully saturated rings. The van der Waals surface area contributed by atoms with Crippen molar-refractivity contribution < 1.29 is 9.63 Å². The summed E-state index contributed by atoms with van der Waals surface area (Å²) in [5.74, 6) is -0.160. The minimum Gasteiger partial charge on any atom is -0.274 e. The van der Waals surface area contributed by atoms with E-state index >= 15 is 0 Å². The van der Waals surface area contributed by atoms with Crippen molar-refractivity contribution in [3.8, 4) is 0 Å². The van der Waals surface area contributed by atoms with Crippen LogP contribution in [0.3, 0.4) is 0 Å². The van der Waals surface area contributed by atoms with Gasteiger partial charge in [0.25, 0.3) is 5.91 Å². The Morgan fingerprint density at radius 3 is 2.88 bits per heavy atom. The van der Waals surface area contributed by atoms with E-state index in [2.05, 4.69) is 5.48 Å². The predicted octanol–water partition coefficient (Wildman–Crippen LogP) is 2.89. The first kappa shape index (κ1) is 13.4. The number of hydroxylamine groups is 1. The average Bonchev–Trinajstić information content (AvgIpc) is 2.28. The van der Waals surface area contributed by atoms with Crippen LogP contribution in [0.5, 0.6) is 0 Å². The number of thioether (sulfide) groups is 1. The molecular formula is C11H14ClNO2S. The number of halogens is 1. The molecule has 88 valence electrons. The van der Waals surface area contributed by atoms with Crippen LogP contribution in [-0.2, 0) is 9.63 Å². The normalized spacial score (nSPS) is 12.2. The zero-order valence-electron chi connectivity index (χ0n) is 9.20. The fraction of sp³-hybridized carbons (Fsp3) is 0.364. The van der Waals surface area contributed by atoms with Crippen LogP contribution in [0.2, 0.25) is 5.02 Å². The first-order valence-electron chi connectivity index (χ1n) is 4.98. The molecule has 3 nitrogen and oxygen atoms in total. The standard InChI is InChI=1S/C11H14ClNO2S/c1-3-15-13-11(14)8(2)16-10-7-5-4-6-9(10)12/h4-8H,3H2,1-2H3,(H,13,14). The molecule has 0 bridgehead atoms. The van der Waals surface area contributed by atoms with Crippen LogP contribution in [-0.4, -0.2) is 17.8 Å². The lowest BCUT2D eigenvalue weighted by Crippen LogP contribution is -2.30. The Bertz CT molecular complexity index is 360. The molecule has 0 heterocycles. The van der Waals surface area contributed by atoms with E-state index in [1.54, 1.807) is 6.07 Å². The van der Waals surface area contributed by atoms with E-state index < -0.39 is 0 Å². The van der Waals surface area contributed by atoms with Gasteiger partial charge in [-0.05, 0) is 26.0 Å². The maximum absolute atomic E-state index is 11.5. The summed E-state index contributed by atoms with van der Waals surface area (Å²) >= 11 is 7.40. The third kappa shape index (κ3) is 4.04. The second-order valence-electron chi connectivity index (χ2n) is 3.09. The van der Waals surface area contributed by atoms with Crippen molar-refractivity contribution in [3.05, 3.63) is 29.3 Å². The van der Waals surface area contributed by atoms with Crippen LogP contribution in [0.1, 0.15) is 13.8 Å². The van der Waals surface area contributed by atoms with E-state index in [0.717, 1.165) is 4.90 Å². The number of nitrogens with one attached hydrogen (secondary N) is 1. The molecule has 0 saturated carbocycles. The molecule has 1 rings (SSSR count). The van der Waals surface area contributed by atoms with Gasteiger partial charge in [-0.25, -0.2) is 5.48 Å². The Hall–Kier alpha value is -0.710. The molecule has 0 aliphatic rings. The van der Waals surface area contributed by atoms with Crippen molar-refractivity contribution in [1.82, 2.24) is 5.48 Å². The molecule has 1 aromatic rings. The lowest BCUT2D eigenvalue weighted by molar-refractivity contribution is -0.132. The van der Waals surface area contributed by atoms with E-state index in [-0.39, 0.29) is 11.2 Å². The van der Waals surface area contributed by atoms with Crippen LogP contribution < -0.4 is 5.48 Å². The summed E-state index contributed by atoms with van der Waals surface area (Å²) in [6.07, 6.45) is 0. The van der Waals surface area contributed by atoms with Gasteiger partial charge in [0.2, 0.25) is 0 Å². The Morgan fingerprint density at radius 1 is 1.56 bits per heavy atom. The number of rotatable bonds is 5. The molecular weight excluding hydrogens is 246 g/mol. The molecule has 1 amide bonds. The quantitative estimate of drug-likeness (QED) is 0.653. The fourth-order valence-corrected chi connectivity index (χ4v) is 2.15. The van der Waals surface area contributed by atoms with Crippen molar-refractivity contribution in [1.29, 1.82) is 0 Å². The minimum atomic E-state index is -0.244. The maximum Gasteiger partial charge on any atom is 0.256 e. The first-order chi connectivity index (χ1) is 7.65. The molecule has 0 saturated heterocycles. The number of carbonyl (C=O) groups is 1. The highest BCUT2D eigenvalue weighted by Gasteiger charge is 2.15. The molecule has 1 aromatic carbocycles. The fourth-order valence-electron chi connectivity index (χ4n) is 1.01. The van der Waals surface area contributed by atoms with Crippen LogP contribution in [0.25, 0.3) is 0 Å². The van der Waals surface area contributed by atoms with Crippen molar-refractivity contribution in [2.24, 2.45) is 0 Å². The molecule has 16 heavy (non-hydrogen) atoms. The Kier molecular flexibility index (Phi) is 5.66. The van der Waals surface area contributed by atoms with Crippen molar-refractivity contribution >= 4 is 29.3 Å². The number of hydrogen-bond acceptors (Lipinski definition) is 3. The summed E-state index contributed by atoms with van der Waals surface area (Å²) in [6.45, 7) is 4.07.